The molecule has 1 aromatic carbocycles. The summed E-state index contributed by atoms with van der Waals surface area (Å²) in [5, 5.41) is 11.2. The second-order valence-corrected chi connectivity index (χ2v) is 4.31. The number of carboxylic acids is 1. The van der Waals surface area contributed by atoms with Gasteiger partial charge in [-0.1, -0.05) is 6.07 Å². The molecule has 6 N–H and O–H groups in total. The van der Waals surface area contributed by atoms with Gasteiger partial charge in [-0.2, -0.15) is 0 Å². The second-order valence-electron chi connectivity index (χ2n) is 4.31. The minimum absolute atomic E-state index is 0.0941. The number of amides is 3. The van der Waals surface area contributed by atoms with Crippen molar-refractivity contribution in [1.82, 2.24) is 5.32 Å². The fourth-order valence-corrected chi connectivity index (χ4v) is 1.60. The molecule has 8 nitrogen and oxygen atoms in total. The molecule has 112 valence electrons. The predicted molar refractivity (Wildman–Crippen MR) is 72.3 cm³/mol. The lowest BCUT2D eigenvalue weighted by Gasteiger charge is -2.13. The van der Waals surface area contributed by atoms with E-state index in [9.17, 15) is 19.2 Å². The Hall–Kier alpha value is -2.90. The maximum Gasteiger partial charge on any atom is 0.326 e. The molecule has 0 spiro atoms. The van der Waals surface area contributed by atoms with Crippen molar-refractivity contribution < 1.29 is 24.3 Å². The Kier molecular flexibility index (Phi) is 5.41. The van der Waals surface area contributed by atoms with Crippen LogP contribution < -0.4 is 16.8 Å². The summed E-state index contributed by atoms with van der Waals surface area (Å²) in [6, 6.07) is 4.30. The SMILES string of the molecule is NC(=O)CC[C@@H](NC(=O)c1cccc(C(N)=O)c1)C(=O)O. The van der Waals surface area contributed by atoms with Crippen LogP contribution in [0.1, 0.15) is 33.6 Å². The largest absolute Gasteiger partial charge is 0.480 e. The summed E-state index contributed by atoms with van der Waals surface area (Å²) >= 11 is 0. The summed E-state index contributed by atoms with van der Waals surface area (Å²) in [4.78, 5) is 44.6. The number of primary amides is 2. The molecule has 0 aliphatic rings. The van der Waals surface area contributed by atoms with Gasteiger partial charge in [0, 0.05) is 17.5 Å². The molecule has 1 aromatic rings. The molecule has 21 heavy (non-hydrogen) atoms. The fourth-order valence-electron chi connectivity index (χ4n) is 1.60. The molecule has 0 aliphatic carbocycles. The van der Waals surface area contributed by atoms with Crippen LogP contribution in [0.25, 0.3) is 0 Å². The van der Waals surface area contributed by atoms with Crippen LogP contribution in [0.2, 0.25) is 0 Å². The van der Waals surface area contributed by atoms with Gasteiger partial charge in [0.05, 0.1) is 0 Å². The summed E-state index contributed by atoms with van der Waals surface area (Å²) in [6.07, 6.45) is -0.287. The molecule has 1 rings (SSSR count). The molecule has 0 aromatic heterocycles. The molecule has 1 atom stereocenters. The quantitative estimate of drug-likeness (QED) is 0.520. The van der Waals surface area contributed by atoms with Gasteiger partial charge in [-0.25, -0.2) is 4.79 Å². The summed E-state index contributed by atoms with van der Waals surface area (Å²) in [6.45, 7) is 0. The van der Waals surface area contributed by atoms with Gasteiger partial charge in [-0.15, -0.1) is 0 Å². The maximum absolute atomic E-state index is 11.9. The topological polar surface area (TPSA) is 153 Å². The number of nitrogens with one attached hydrogen (secondary N) is 1. The van der Waals surface area contributed by atoms with Gasteiger partial charge in [0.1, 0.15) is 6.04 Å². The van der Waals surface area contributed by atoms with Crippen molar-refractivity contribution in [2.45, 2.75) is 18.9 Å². The van der Waals surface area contributed by atoms with Crippen LogP contribution >= 0.6 is 0 Å². The summed E-state index contributed by atoms with van der Waals surface area (Å²) in [5.74, 6) is -3.33. The van der Waals surface area contributed by atoms with Crippen LogP contribution in [0.15, 0.2) is 24.3 Å². The molecule has 8 heteroatoms. The average Bonchev–Trinajstić information content (AvgIpc) is 2.42. The Labute approximate surface area is 120 Å². The second kappa shape index (κ2) is 7.04. The Morgan fingerprint density at radius 2 is 1.76 bits per heavy atom. The first kappa shape index (κ1) is 16.2. The molecule has 0 radical (unpaired) electrons. The molecule has 0 unspecified atom stereocenters. The standard InChI is InChI=1S/C13H15N3O5/c14-10(17)5-4-9(13(20)21)16-12(19)8-3-1-2-7(6-8)11(15)18/h1-3,6,9H,4-5H2,(H2,14,17)(H2,15,18)(H,16,19)(H,20,21)/t9-/m1/s1. The van der Waals surface area contributed by atoms with Crippen LogP contribution in [0.4, 0.5) is 0 Å². The van der Waals surface area contributed by atoms with E-state index >= 15 is 0 Å². The molecule has 0 saturated heterocycles. The smallest absolute Gasteiger partial charge is 0.326 e. The van der Waals surface area contributed by atoms with Crippen molar-refractivity contribution in [2.24, 2.45) is 11.5 Å². The minimum Gasteiger partial charge on any atom is -0.480 e. The molecule has 0 saturated carbocycles. The highest BCUT2D eigenvalue weighted by molar-refractivity contribution is 6.00. The average molecular weight is 293 g/mol. The molecule has 0 fully saturated rings. The van der Waals surface area contributed by atoms with Gasteiger partial charge >= 0.3 is 5.97 Å². The van der Waals surface area contributed by atoms with Crippen molar-refractivity contribution in [1.29, 1.82) is 0 Å². The van der Waals surface area contributed by atoms with E-state index < -0.39 is 29.7 Å². The third-order valence-electron chi connectivity index (χ3n) is 2.69. The van der Waals surface area contributed by atoms with Crippen LogP contribution in [-0.2, 0) is 9.59 Å². The first-order valence-corrected chi connectivity index (χ1v) is 6.03. The van der Waals surface area contributed by atoms with E-state index in [1.165, 1.54) is 24.3 Å². The molecule has 3 amide bonds. The van der Waals surface area contributed by atoms with E-state index in [0.29, 0.717) is 0 Å². The lowest BCUT2D eigenvalue weighted by molar-refractivity contribution is -0.139. The van der Waals surface area contributed by atoms with Crippen LogP contribution in [0.5, 0.6) is 0 Å². The first-order chi connectivity index (χ1) is 9.81. The lowest BCUT2D eigenvalue weighted by atomic mass is 10.1. The van der Waals surface area contributed by atoms with Crippen molar-refractivity contribution in [2.75, 3.05) is 0 Å². The number of nitrogens with two attached hydrogens (primary N) is 2. The van der Waals surface area contributed by atoms with Crippen LogP contribution in [0.3, 0.4) is 0 Å². The highest BCUT2D eigenvalue weighted by Crippen LogP contribution is 2.06. The van der Waals surface area contributed by atoms with E-state index in [-0.39, 0.29) is 24.0 Å². The number of carboxylic acid groups (broad SMARTS) is 1. The summed E-state index contributed by atoms with van der Waals surface area (Å²) in [7, 11) is 0. The highest BCUT2D eigenvalue weighted by atomic mass is 16.4. The van der Waals surface area contributed by atoms with E-state index in [1.54, 1.807) is 0 Å². The van der Waals surface area contributed by atoms with Crippen molar-refractivity contribution in [3.63, 3.8) is 0 Å². The zero-order chi connectivity index (χ0) is 16.0. The molecule has 0 bridgehead atoms. The van der Waals surface area contributed by atoms with Gasteiger partial charge in [-0.05, 0) is 24.6 Å². The monoisotopic (exact) mass is 293 g/mol. The lowest BCUT2D eigenvalue weighted by Crippen LogP contribution is -2.41. The molecular formula is C13H15N3O5. The summed E-state index contributed by atoms with van der Waals surface area (Å²) in [5.41, 5.74) is 10.3. The third-order valence-corrected chi connectivity index (χ3v) is 2.69. The fraction of sp³-hybridized carbons (Fsp3) is 0.231. The van der Waals surface area contributed by atoms with Gasteiger partial charge in [0.2, 0.25) is 11.8 Å². The predicted octanol–water partition coefficient (Wildman–Crippen LogP) is -0.766. The van der Waals surface area contributed by atoms with Gasteiger partial charge in [0.15, 0.2) is 0 Å². The number of carbonyl (C=O) groups excluding carboxylic acids is 3. The van der Waals surface area contributed by atoms with E-state index in [4.69, 9.17) is 16.6 Å². The van der Waals surface area contributed by atoms with Gasteiger partial charge in [0.25, 0.3) is 5.91 Å². The van der Waals surface area contributed by atoms with Crippen molar-refractivity contribution >= 4 is 23.7 Å². The van der Waals surface area contributed by atoms with E-state index in [2.05, 4.69) is 5.32 Å². The highest BCUT2D eigenvalue weighted by Gasteiger charge is 2.21. The third kappa shape index (κ3) is 4.94. The maximum atomic E-state index is 11.9. The van der Waals surface area contributed by atoms with E-state index in [1.807, 2.05) is 0 Å². The number of rotatable bonds is 7. The van der Waals surface area contributed by atoms with Crippen LogP contribution in [-0.4, -0.2) is 34.8 Å². The minimum atomic E-state index is -1.28. The Morgan fingerprint density at radius 1 is 1.14 bits per heavy atom. The number of hydrogen-bond acceptors (Lipinski definition) is 4. The molecular weight excluding hydrogens is 278 g/mol. The number of hydrogen-bond donors (Lipinski definition) is 4. The van der Waals surface area contributed by atoms with Crippen molar-refractivity contribution in [3.05, 3.63) is 35.4 Å². The van der Waals surface area contributed by atoms with Gasteiger partial charge in [-0.3, -0.25) is 14.4 Å². The Balaban J connectivity index is 2.82. The molecule has 0 heterocycles. The number of aliphatic carboxylic acids is 1. The number of carbonyl (C=O) groups is 4. The number of benzene rings is 1. The van der Waals surface area contributed by atoms with Crippen LogP contribution in [0, 0.1) is 0 Å². The zero-order valence-corrected chi connectivity index (χ0v) is 11.0. The van der Waals surface area contributed by atoms with Crippen molar-refractivity contribution in [3.8, 4) is 0 Å². The first-order valence-electron chi connectivity index (χ1n) is 6.03. The molecule has 0 aliphatic heterocycles. The Bertz CT molecular complexity index is 585. The zero-order valence-electron chi connectivity index (χ0n) is 11.0. The summed E-state index contributed by atoms with van der Waals surface area (Å²) < 4.78 is 0. The normalized spacial score (nSPS) is 11.4. The van der Waals surface area contributed by atoms with Gasteiger partial charge < -0.3 is 21.9 Å². The van der Waals surface area contributed by atoms with E-state index in [0.717, 1.165) is 0 Å². The Morgan fingerprint density at radius 3 is 2.29 bits per heavy atom.